The Kier molecular flexibility index (Phi) is 4.43. The molecular weight excluding hydrogens is 162 g/mol. The van der Waals surface area contributed by atoms with Crippen molar-refractivity contribution in [1.82, 2.24) is 5.32 Å². The normalized spacial score (nSPS) is 19.8. The highest BCUT2D eigenvalue weighted by atomic mass is 16.1. The van der Waals surface area contributed by atoms with Crippen molar-refractivity contribution in [2.45, 2.75) is 52.0 Å². The summed E-state index contributed by atoms with van der Waals surface area (Å²) >= 11 is 0. The van der Waals surface area contributed by atoms with Crippen molar-refractivity contribution in [2.24, 2.45) is 5.92 Å². The van der Waals surface area contributed by atoms with Crippen molar-refractivity contribution < 1.29 is 4.79 Å². The molecule has 0 saturated heterocycles. The van der Waals surface area contributed by atoms with Crippen LogP contribution in [0.4, 0.5) is 0 Å². The van der Waals surface area contributed by atoms with Crippen LogP contribution in [-0.4, -0.2) is 18.4 Å². The molecule has 1 aliphatic rings. The molecule has 0 unspecified atom stereocenters. The Morgan fingerprint density at radius 1 is 1.38 bits per heavy atom. The van der Waals surface area contributed by atoms with Crippen LogP contribution in [0.5, 0.6) is 0 Å². The maximum absolute atomic E-state index is 11.0. The standard InChI is InChI=1S/C11H21NO/c1-9(2)7-8-12-10-3-5-11(13)6-4-10/h9-10,12H,3-8H2,1-2H3. The van der Waals surface area contributed by atoms with Crippen molar-refractivity contribution in [2.75, 3.05) is 6.54 Å². The van der Waals surface area contributed by atoms with Crippen LogP contribution in [0, 0.1) is 5.92 Å². The largest absolute Gasteiger partial charge is 0.314 e. The fraction of sp³-hybridized carbons (Fsp3) is 0.909. The first-order valence-electron chi connectivity index (χ1n) is 5.43. The number of carbonyl (C=O) groups is 1. The van der Waals surface area contributed by atoms with Crippen LogP contribution in [0.25, 0.3) is 0 Å². The van der Waals surface area contributed by atoms with Gasteiger partial charge in [0.2, 0.25) is 0 Å². The average Bonchev–Trinajstić information content (AvgIpc) is 2.08. The molecule has 2 heteroatoms. The molecule has 2 nitrogen and oxygen atoms in total. The minimum atomic E-state index is 0.446. The van der Waals surface area contributed by atoms with Crippen LogP contribution in [0.2, 0.25) is 0 Å². The van der Waals surface area contributed by atoms with E-state index in [1.807, 2.05) is 0 Å². The molecule has 0 heterocycles. The van der Waals surface area contributed by atoms with Crippen LogP contribution in [0.15, 0.2) is 0 Å². The lowest BCUT2D eigenvalue weighted by molar-refractivity contribution is -0.120. The maximum atomic E-state index is 11.0. The third-order valence-electron chi connectivity index (χ3n) is 2.70. The monoisotopic (exact) mass is 183 g/mol. The van der Waals surface area contributed by atoms with Gasteiger partial charge in [-0.05, 0) is 31.7 Å². The quantitative estimate of drug-likeness (QED) is 0.723. The lowest BCUT2D eigenvalue weighted by Gasteiger charge is -2.22. The summed E-state index contributed by atoms with van der Waals surface area (Å²) in [5.74, 6) is 1.22. The molecule has 0 atom stereocenters. The molecule has 0 bridgehead atoms. The second kappa shape index (κ2) is 5.38. The van der Waals surface area contributed by atoms with Gasteiger partial charge in [0.25, 0.3) is 0 Å². The summed E-state index contributed by atoms with van der Waals surface area (Å²) in [5.41, 5.74) is 0. The topological polar surface area (TPSA) is 29.1 Å². The van der Waals surface area contributed by atoms with Gasteiger partial charge in [-0.3, -0.25) is 4.79 Å². The molecule has 0 amide bonds. The summed E-state index contributed by atoms with van der Waals surface area (Å²) < 4.78 is 0. The van der Waals surface area contributed by atoms with Crippen molar-refractivity contribution in [3.63, 3.8) is 0 Å². The molecule has 13 heavy (non-hydrogen) atoms. The predicted octanol–water partition coefficient (Wildman–Crippen LogP) is 2.13. The number of rotatable bonds is 4. The number of carbonyl (C=O) groups excluding carboxylic acids is 1. The molecule has 1 N–H and O–H groups in total. The minimum absolute atomic E-state index is 0.446. The summed E-state index contributed by atoms with van der Waals surface area (Å²) in [7, 11) is 0. The lowest BCUT2D eigenvalue weighted by Crippen LogP contribution is -2.34. The van der Waals surface area contributed by atoms with E-state index < -0.39 is 0 Å². The molecule has 0 radical (unpaired) electrons. The van der Waals surface area contributed by atoms with E-state index in [9.17, 15) is 4.79 Å². The van der Waals surface area contributed by atoms with E-state index in [1.54, 1.807) is 0 Å². The molecule has 1 aliphatic carbocycles. The zero-order chi connectivity index (χ0) is 9.68. The summed E-state index contributed by atoms with van der Waals surface area (Å²) in [6, 6.07) is 0.608. The third-order valence-corrected chi connectivity index (χ3v) is 2.70. The number of ketones is 1. The van der Waals surface area contributed by atoms with E-state index >= 15 is 0 Å². The number of Topliss-reactive ketones (excluding diaryl/α,β-unsaturated/α-hetero) is 1. The first kappa shape index (κ1) is 10.7. The average molecular weight is 183 g/mol. The van der Waals surface area contributed by atoms with Gasteiger partial charge in [-0.2, -0.15) is 0 Å². The van der Waals surface area contributed by atoms with Crippen molar-refractivity contribution in [3.05, 3.63) is 0 Å². The Hall–Kier alpha value is -0.370. The highest BCUT2D eigenvalue weighted by Crippen LogP contribution is 2.14. The Morgan fingerprint density at radius 3 is 2.54 bits per heavy atom. The van der Waals surface area contributed by atoms with Crippen molar-refractivity contribution in [1.29, 1.82) is 0 Å². The van der Waals surface area contributed by atoms with Crippen LogP contribution >= 0.6 is 0 Å². The van der Waals surface area contributed by atoms with E-state index in [0.29, 0.717) is 11.8 Å². The summed E-state index contributed by atoms with van der Waals surface area (Å²) in [5, 5.41) is 3.52. The van der Waals surface area contributed by atoms with Gasteiger partial charge in [-0.25, -0.2) is 0 Å². The smallest absolute Gasteiger partial charge is 0.133 e. The van der Waals surface area contributed by atoms with Crippen molar-refractivity contribution >= 4 is 5.78 Å². The van der Waals surface area contributed by atoms with Gasteiger partial charge in [0.15, 0.2) is 0 Å². The van der Waals surface area contributed by atoms with Gasteiger partial charge in [0, 0.05) is 18.9 Å². The number of hydrogen-bond donors (Lipinski definition) is 1. The van der Waals surface area contributed by atoms with Crippen LogP contribution in [0.1, 0.15) is 46.0 Å². The first-order chi connectivity index (χ1) is 6.18. The minimum Gasteiger partial charge on any atom is -0.314 e. The summed E-state index contributed by atoms with van der Waals surface area (Å²) in [6.45, 7) is 5.59. The summed E-state index contributed by atoms with van der Waals surface area (Å²) in [4.78, 5) is 11.0. The molecule has 1 saturated carbocycles. The molecule has 0 aromatic carbocycles. The van der Waals surface area contributed by atoms with E-state index in [2.05, 4.69) is 19.2 Å². The highest BCUT2D eigenvalue weighted by Gasteiger charge is 2.17. The first-order valence-corrected chi connectivity index (χ1v) is 5.43. The SMILES string of the molecule is CC(C)CCNC1CCC(=O)CC1. The molecule has 1 fully saturated rings. The zero-order valence-electron chi connectivity index (χ0n) is 8.81. The van der Waals surface area contributed by atoms with Crippen molar-refractivity contribution in [3.8, 4) is 0 Å². The third kappa shape index (κ3) is 4.41. The van der Waals surface area contributed by atoms with E-state index in [1.165, 1.54) is 6.42 Å². The highest BCUT2D eigenvalue weighted by molar-refractivity contribution is 5.79. The Bertz CT molecular complexity index is 155. The van der Waals surface area contributed by atoms with Gasteiger partial charge >= 0.3 is 0 Å². The Morgan fingerprint density at radius 2 is 2.00 bits per heavy atom. The van der Waals surface area contributed by atoms with Crippen LogP contribution in [-0.2, 0) is 4.79 Å². The molecular formula is C11H21NO. The van der Waals surface area contributed by atoms with Crippen LogP contribution < -0.4 is 5.32 Å². The molecule has 0 aliphatic heterocycles. The fourth-order valence-electron chi connectivity index (χ4n) is 1.72. The molecule has 76 valence electrons. The van der Waals surface area contributed by atoms with Crippen LogP contribution in [0.3, 0.4) is 0 Å². The molecule has 0 aromatic heterocycles. The zero-order valence-corrected chi connectivity index (χ0v) is 8.81. The van der Waals surface area contributed by atoms with Gasteiger partial charge in [0.1, 0.15) is 5.78 Å². The van der Waals surface area contributed by atoms with E-state index in [0.717, 1.165) is 38.1 Å². The second-order valence-corrected chi connectivity index (χ2v) is 4.45. The van der Waals surface area contributed by atoms with E-state index in [-0.39, 0.29) is 0 Å². The number of nitrogens with one attached hydrogen (secondary N) is 1. The lowest BCUT2D eigenvalue weighted by atomic mass is 9.94. The Labute approximate surface area is 81.1 Å². The number of hydrogen-bond acceptors (Lipinski definition) is 2. The summed E-state index contributed by atoms with van der Waals surface area (Å²) in [6.07, 6.45) is 4.93. The second-order valence-electron chi connectivity index (χ2n) is 4.45. The van der Waals surface area contributed by atoms with Gasteiger partial charge in [0.05, 0.1) is 0 Å². The van der Waals surface area contributed by atoms with Gasteiger partial charge in [-0.15, -0.1) is 0 Å². The fourth-order valence-corrected chi connectivity index (χ4v) is 1.72. The van der Waals surface area contributed by atoms with Gasteiger partial charge in [-0.1, -0.05) is 13.8 Å². The predicted molar refractivity (Wildman–Crippen MR) is 54.7 cm³/mol. The molecule has 0 aromatic rings. The van der Waals surface area contributed by atoms with E-state index in [4.69, 9.17) is 0 Å². The maximum Gasteiger partial charge on any atom is 0.133 e. The van der Waals surface area contributed by atoms with Gasteiger partial charge < -0.3 is 5.32 Å². The Balaban J connectivity index is 2.05. The molecule has 1 rings (SSSR count). The molecule has 0 spiro atoms.